The molecule has 1 heterocycles. The summed E-state index contributed by atoms with van der Waals surface area (Å²) in [5, 5.41) is 9.98. The van der Waals surface area contributed by atoms with Gasteiger partial charge in [-0.25, -0.2) is 0 Å². The Morgan fingerprint density at radius 3 is 2.14 bits per heavy atom. The average molecular weight is 299 g/mol. The van der Waals surface area contributed by atoms with Crippen molar-refractivity contribution in [2.45, 2.75) is 115 Å². The summed E-state index contributed by atoms with van der Waals surface area (Å²) < 4.78 is 5.61. The number of aliphatic hydroxyl groups excluding tert-OH is 1. The SMILES string of the molecule is CCCCCCCCCCCC(O)CCCC1CCCO1. The van der Waals surface area contributed by atoms with Gasteiger partial charge in [-0.1, -0.05) is 64.7 Å². The molecule has 1 aliphatic rings. The van der Waals surface area contributed by atoms with E-state index in [4.69, 9.17) is 4.74 Å². The van der Waals surface area contributed by atoms with Gasteiger partial charge in [0.05, 0.1) is 12.2 Å². The first-order valence-electron chi connectivity index (χ1n) is 9.62. The third-order valence-corrected chi connectivity index (χ3v) is 4.73. The normalized spacial score (nSPS) is 20.0. The van der Waals surface area contributed by atoms with Crippen molar-refractivity contribution in [3.8, 4) is 0 Å². The molecule has 1 aliphatic heterocycles. The summed E-state index contributed by atoms with van der Waals surface area (Å²) >= 11 is 0. The summed E-state index contributed by atoms with van der Waals surface area (Å²) in [5.74, 6) is 0. The molecule has 0 aromatic rings. The van der Waals surface area contributed by atoms with Crippen LogP contribution in [-0.4, -0.2) is 23.9 Å². The smallest absolute Gasteiger partial charge is 0.0576 e. The third kappa shape index (κ3) is 11.2. The number of rotatable bonds is 14. The van der Waals surface area contributed by atoms with Crippen LogP contribution in [0.25, 0.3) is 0 Å². The number of unbranched alkanes of at least 4 members (excludes halogenated alkanes) is 8. The monoisotopic (exact) mass is 298 g/mol. The van der Waals surface area contributed by atoms with E-state index in [0.717, 1.165) is 32.3 Å². The Morgan fingerprint density at radius 2 is 1.52 bits per heavy atom. The number of aliphatic hydroxyl groups is 1. The van der Waals surface area contributed by atoms with Gasteiger partial charge in [0.25, 0.3) is 0 Å². The molecular formula is C19H38O2. The van der Waals surface area contributed by atoms with E-state index in [9.17, 15) is 5.11 Å². The zero-order chi connectivity index (χ0) is 15.2. The highest BCUT2D eigenvalue weighted by Crippen LogP contribution is 2.19. The van der Waals surface area contributed by atoms with Crippen LogP contribution in [0.3, 0.4) is 0 Å². The standard InChI is InChI=1S/C19H38O2/c1-2-3-4-5-6-7-8-9-10-13-18(20)14-11-15-19-16-12-17-21-19/h18-20H,2-17H2,1H3. The summed E-state index contributed by atoms with van der Waals surface area (Å²) in [7, 11) is 0. The fourth-order valence-corrected chi connectivity index (χ4v) is 3.29. The molecule has 1 fully saturated rings. The molecule has 1 rings (SSSR count). The molecule has 0 bridgehead atoms. The maximum absolute atomic E-state index is 9.98. The summed E-state index contributed by atoms with van der Waals surface area (Å²) in [6.45, 7) is 3.22. The Labute approximate surface area is 132 Å². The molecule has 1 N–H and O–H groups in total. The summed E-state index contributed by atoms with van der Waals surface area (Å²) in [5.41, 5.74) is 0. The molecule has 0 spiro atoms. The lowest BCUT2D eigenvalue weighted by Gasteiger charge is -2.12. The second kappa shape index (κ2) is 13.6. The minimum Gasteiger partial charge on any atom is -0.393 e. The van der Waals surface area contributed by atoms with Crippen molar-refractivity contribution >= 4 is 0 Å². The Morgan fingerprint density at radius 1 is 0.905 bits per heavy atom. The van der Waals surface area contributed by atoms with Crippen LogP contribution in [0, 0.1) is 0 Å². The number of hydrogen-bond donors (Lipinski definition) is 1. The molecule has 1 saturated heterocycles. The molecule has 0 aromatic heterocycles. The first-order chi connectivity index (χ1) is 10.3. The van der Waals surface area contributed by atoms with E-state index >= 15 is 0 Å². The van der Waals surface area contributed by atoms with Crippen molar-refractivity contribution in [1.82, 2.24) is 0 Å². The molecule has 126 valence electrons. The van der Waals surface area contributed by atoms with E-state index in [1.807, 2.05) is 0 Å². The minimum atomic E-state index is -0.0732. The first-order valence-corrected chi connectivity index (χ1v) is 9.62. The highest BCUT2D eigenvalue weighted by molar-refractivity contribution is 4.66. The Bertz CT molecular complexity index is 212. The van der Waals surface area contributed by atoms with Gasteiger partial charge in [0.15, 0.2) is 0 Å². The topological polar surface area (TPSA) is 29.5 Å². The Hall–Kier alpha value is -0.0800. The zero-order valence-corrected chi connectivity index (χ0v) is 14.3. The van der Waals surface area contributed by atoms with Gasteiger partial charge in [-0.3, -0.25) is 0 Å². The summed E-state index contributed by atoms with van der Waals surface area (Å²) in [4.78, 5) is 0. The van der Waals surface area contributed by atoms with Gasteiger partial charge in [0.2, 0.25) is 0 Å². The second-order valence-electron chi connectivity index (χ2n) is 6.84. The number of ether oxygens (including phenoxy) is 1. The Kier molecular flexibility index (Phi) is 12.3. The van der Waals surface area contributed by atoms with E-state index < -0.39 is 0 Å². The van der Waals surface area contributed by atoms with Crippen LogP contribution in [0.4, 0.5) is 0 Å². The second-order valence-corrected chi connectivity index (χ2v) is 6.84. The quantitative estimate of drug-likeness (QED) is 0.422. The molecule has 2 atom stereocenters. The van der Waals surface area contributed by atoms with Crippen LogP contribution < -0.4 is 0 Å². The van der Waals surface area contributed by atoms with E-state index in [-0.39, 0.29) is 6.10 Å². The molecule has 2 unspecified atom stereocenters. The van der Waals surface area contributed by atoms with Crippen molar-refractivity contribution in [3.63, 3.8) is 0 Å². The Balaban J connectivity index is 1.77. The van der Waals surface area contributed by atoms with Crippen LogP contribution in [0.2, 0.25) is 0 Å². The molecule has 0 saturated carbocycles. The van der Waals surface area contributed by atoms with Gasteiger partial charge >= 0.3 is 0 Å². The van der Waals surface area contributed by atoms with E-state index in [1.165, 1.54) is 70.6 Å². The predicted molar refractivity (Wildman–Crippen MR) is 90.7 cm³/mol. The van der Waals surface area contributed by atoms with Gasteiger partial charge in [0, 0.05) is 6.61 Å². The van der Waals surface area contributed by atoms with Crippen molar-refractivity contribution < 1.29 is 9.84 Å². The third-order valence-electron chi connectivity index (χ3n) is 4.73. The zero-order valence-electron chi connectivity index (χ0n) is 14.3. The van der Waals surface area contributed by atoms with Crippen molar-refractivity contribution in [2.24, 2.45) is 0 Å². The van der Waals surface area contributed by atoms with Crippen LogP contribution >= 0.6 is 0 Å². The largest absolute Gasteiger partial charge is 0.393 e. The highest BCUT2D eigenvalue weighted by atomic mass is 16.5. The maximum Gasteiger partial charge on any atom is 0.0576 e. The van der Waals surface area contributed by atoms with Gasteiger partial charge in [-0.15, -0.1) is 0 Å². The lowest BCUT2D eigenvalue weighted by Crippen LogP contribution is -2.09. The summed E-state index contributed by atoms with van der Waals surface area (Å²) in [6.07, 6.45) is 19.4. The fourth-order valence-electron chi connectivity index (χ4n) is 3.29. The average Bonchev–Trinajstić information content (AvgIpc) is 2.99. The highest BCUT2D eigenvalue weighted by Gasteiger charge is 2.15. The lowest BCUT2D eigenvalue weighted by atomic mass is 10.0. The molecule has 2 nitrogen and oxygen atoms in total. The molecule has 0 radical (unpaired) electrons. The van der Waals surface area contributed by atoms with E-state index in [1.54, 1.807) is 0 Å². The van der Waals surface area contributed by atoms with Crippen LogP contribution in [-0.2, 0) is 4.74 Å². The lowest BCUT2D eigenvalue weighted by molar-refractivity contribution is 0.0928. The van der Waals surface area contributed by atoms with Crippen LogP contribution in [0.15, 0.2) is 0 Å². The van der Waals surface area contributed by atoms with Crippen LogP contribution in [0.5, 0.6) is 0 Å². The predicted octanol–water partition coefficient (Wildman–Crippen LogP) is 5.62. The van der Waals surface area contributed by atoms with Gasteiger partial charge in [-0.2, -0.15) is 0 Å². The molecule has 0 aromatic carbocycles. The van der Waals surface area contributed by atoms with Crippen molar-refractivity contribution in [3.05, 3.63) is 0 Å². The van der Waals surface area contributed by atoms with E-state index in [2.05, 4.69) is 6.92 Å². The first kappa shape index (κ1) is 19.0. The van der Waals surface area contributed by atoms with Crippen molar-refractivity contribution in [2.75, 3.05) is 6.61 Å². The summed E-state index contributed by atoms with van der Waals surface area (Å²) in [6, 6.07) is 0. The minimum absolute atomic E-state index is 0.0732. The molecule has 2 heteroatoms. The van der Waals surface area contributed by atoms with Gasteiger partial charge < -0.3 is 9.84 Å². The van der Waals surface area contributed by atoms with Gasteiger partial charge in [0.1, 0.15) is 0 Å². The molecule has 0 amide bonds. The van der Waals surface area contributed by atoms with Crippen LogP contribution in [0.1, 0.15) is 103 Å². The maximum atomic E-state index is 9.98. The van der Waals surface area contributed by atoms with E-state index in [0.29, 0.717) is 6.10 Å². The van der Waals surface area contributed by atoms with Gasteiger partial charge in [-0.05, 0) is 38.5 Å². The molecule has 0 aliphatic carbocycles. The fraction of sp³-hybridized carbons (Fsp3) is 1.00. The van der Waals surface area contributed by atoms with Crippen molar-refractivity contribution in [1.29, 1.82) is 0 Å². The molecule has 21 heavy (non-hydrogen) atoms. The number of hydrogen-bond acceptors (Lipinski definition) is 2. The molecular weight excluding hydrogens is 260 g/mol.